The number of benzene rings is 2. The number of alkyl halides is 3. The summed E-state index contributed by atoms with van der Waals surface area (Å²) in [5, 5.41) is 6.10. The van der Waals surface area contributed by atoms with Crippen molar-refractivity contribution in [2.45, 2.75) is 25.7 Å². The van der Waals surface area contributed by atoms with Gasteiger partial charge in [-0.3, -0.25) is 4.79 Å². The van der Waals surface area contributed by atoms with Crippen LogP contribution < -0.4 is 10.6 Å². The van der Waals surface area contributed by atoms with E-state index in [1.165, 1.54) is 29.2 Å². The lowest BCUT2D eigenvalue weighted by molar-refractivity contribution is -0.139. The summed E-state index contributed by atoms with van der Waals surface area (Å²) in [4.78, 5) is 28.3. The van der Waals surface area contributed by atoms with E-state index < -0.39 is 17.8 Å². The summed E-state index contributed by atoms with van der Waals surface area (Å²) < 4.78 is 45.5. The van der Waals surface area contributed by atoms with Crippen LogP contribution in [0.5, 0.6) is 0 Å². The Bertz CT molecular complexity index is 1070. The molecule has 0 aromatic heterocycles. The number of fused-ring (bicyclic) bond motifs is 1. The van der Waals surface area contributed by atoms with E-state index in [0.717, 1.165) is 22.9 Å². The van der Waals surface area contributed by atoms with Crippen molar-refractivity contribution < 1.29 is 27.5 Å². The molecule has 10 heteroatoms. The van der Waals surface area contributed by atoms with Crippen LogP contribution in [-0.2, 0) is 35.2 Å². The van der Waals surface area contributed by atoms with Gasteiger partial charge in [0.1, 0.15) is 6.61 Å². The SMILES string of the molecule is C=CCOC(=O)N1CCc2c(cccc2NCC(=O)N(CCNC)Cc2ccccc2C(F)(F)F)C1. The fourth-order valence-corrected chi connectivity index (χ4v) is 4.11. The molecule has 2 aromatic carbocycles. The Kier molecular flexibility index (Phi) is 9.35. The highest BCUT2D eigenvalue weighted by atomic mass is 19.4. The van der Waals surface area contributed by atoms with Gasteiger partial charge in [0, 0.05) is 38.4 Å². The molecule has 0 atom stereocenters. The fraction of sp³-hybridized carbons (Fsp3) is 0.385. The number of rotatable bonds is 10. The standard InChI is InChI=1S/C26H31F3N4O3/c1-3-15-36-25(35)33-13-11-21-19(17-33)8-6-10-23(21)31-16-24(34)32(14-12-30-2)18-20-7-4-5-9-22(20)26(27,28)29/h3-10,30-31H,1,11-18H2,2H3. The molecule has 194 valence electrons. The summed E-state index contributed by atoms with van der Waals surface area (Å²) in [5.41, 5.74) is 2.02. The Labute approximate surface area is 208 Å². The average molecular weight is 505 g/mol. The van der Waals surface area contributed by atoms with E-state index in [-0.39, 0.29) is 37.7 Å². The Morgan fingerprint density at radius 3 is 2.69 bits per heavy atom. The van der Waals surface area contributed by atoms with E-state index in [0.29, 0.717) is 26.1 Å². The summed E-state index contributed by atoms with van der Waals surface area (Å²) >= 11 is 0. The number of halogens is 3. The first kappa shape index (κ1) is 27.1. The van der Waals surface area contributed by atoms with Crippen molar-refractivity contribution >= 4 is 17.7 Å². The van der Waals surface area contributed by atoms with Gasteiger partial charge < -0.3 is 25.2 Å². The number of carbonyl (C=O) groups excluding carboxylic acids is 2. The minimum atomic E-state index is -4.50. The normalized spacial score (nSPS) is 13.1. The van der Waals surface area contributed by atoms with Gasteiger partial charge in [-0.25, -0.2) is 4.79 Å². The second-order valence-electron chi connectivity index (χ2n) is 8.41. The first-order valence-electron chi connectivity index (χ1n) is 11.7. The fourth-order valence-electron chi connectivity index (χ4n) is 4.11. The largest absolute Gasteiger partial charge is 0.445 e. The van der Waals surface area contributed by atoms with Crippen molar-refractivity contribution in [3.8, 4) is 0 Å². The summed E-state index contributed by atoms with van der Waals surface area (Å²) in [6, 6.07) is 10.9. The molecule has 0 bridgehead atoms. The van der Waals surface area contributed by atoms with Crippen LogP contribution in [0.2, 0.25) is 0 Å². The molecule has 0 saturated carbocycles. The van der Waals surface area contributed by atoms with Crippen LogP contribution in [0.25, 0.3) is 0 Å². The third-order valence-corrected chi connectivity index (χ3v) is 5.95. The molecule has 2 amide bonds. The maximum absolute atomic E-state index is 13.5. The highest BCUT2D eigenvalue weighted by molar-refractivity contribution is 5.81. The molecule has 2 aromatic rings. The Morgan fingerprint density at radius 1 is 1.19 bits per heavy atom. The molecule has 0 radical (unpaired) electrons. The monoisotopic (exact) mass is 504 g/mol. The number of hydrogen-bond donors (Lipinski definition) is 2. The summed E-state index contributed by atoms with van der Waals surface area (Å²) in [6.45, 7) is 5.03. The van der Waals surface area contributed by atoms with Gasteiger partial charge in [0.15, 0.2) is 0 Å². The summed E-state index contributed by atoms with van der Waals surface area (Å²) in [5.74, 6) is -0.315. The number of anilines is 1. The molecule has 0 fully saturated rings. The van der Waals surface area contributed by atoms with Crippen LogP contribution >= 0.6 is 0 Å². The zero-order valence-electron chi connectivity index (χ0n) is 20.2. The molecule has 0 spiro atoms. The van der Waals surface area contributed by atoms with E-state index in [2.05, 4.69) is 17.2 Å². The minimum Gasteiger partial charge on any atom is -0.445 e. The average Bonchev–Trinajstić information content (AvgIpc) is 2.87. The predicted octanol–water partition coefficient (Wildman–Crippen LogP) is 4.05. The van der Waals surface area contributed by atoms with Gasteiger partial charge in [-0.15, -0.1) is 0 Å². The molecule has 0 unspecified atom stereocenters. The summed E-state index contributed by atoms with van der Waals surface area (Å²) in [7, 11) is 1.72. The molecule has 1 aliphatic heterocycles. The predicted molar refractivity (Wildman–Crippen MR) is 131 cm³/mol. The highest BCUT2D eigenvalue weighted by Gasteiger charge is 2.33. The van der Waals surface area contributed by atoms with E-state index in [1.807, 2.05) is 18.2 Å². The first-order valence-corrected chi connectivity index (χ1v) is 11.7. The van der Waals surface area contributed by atoms with Crippen molar-refractivity contribution in [1.82, 2.24) is 15.1 Å². The third-order valence-electron chi connectivity index (χ3n) is 5.95. The van der Waals surface area contributed by atoms with Gasteiger partial charge in [-0.2, -0.15) is 13.2 Å². The maximum atomic E-state index is 13.5. The quantitative estimate of drug-likeness (QED) is 0.478. The molecular weight excluding hydrogens is 473 g/mol. The van der Waals surface area contributed by atoms with Crippen molar-refractivity contribution in [3.63, 3.8) is 0 Å². The number of likely N-dealkylation sites (N-methyl/N-ethyl adjacent to an activating group) is 1. The van der Waals surface area contributed by atoms with Gasteiger partial charge >= 0.3 is 12.3 Å². The number of carbonyl (C=O) groups is 2. The lowest BCUT2D eigenvalue weighted by Gasteiger charge is -2.30. The van der Waals surface area contributed by atoms with Crippen LogP contribution in [0.1, 0.15) is 22.3 Å². The zero-order valence-corrected chi connectivity index (χ0v) is 20.2. The third kappa shape index (κ3) is 7.00. The van der Waals surface area contributed by atoms with Gasteiger partial charge in [-0.1, -0.05) is 43.0 Å². The molecule has 7 nitrogen and oxygen atoms in total. The van der Waals surface area contributed by atoms with Crippen LogP contribution in [0.3, 0.4) is 0 Å². The molecule has 1 aliphatic rings. The first-order chi connectivity index (χ1) is 17.2. The zero-order chi connectivity index (χ0) is 26.1. The van der Waals surface area contributed by atoms with E-state index >= 15 is 0 Å². The smallest absolute Gasteiger partial charge is 0.416 e. The van der Waals surface area contributed by atoms with Crippen LogP contribution in [0, 0.1) is 0 Å². The van der Waals surface area contributed by atoms with Crippen molar-refractivity contribution in [2.75, 3.05) is 45.2 Å². The van der Waals surface area contributed by atoms with Crippen LogP contribution in [0.15, 0.2) is 55.1 Å². The maximum Gasteiger partial charge on any atom is 0.416 e. The lowest BCUT2D eigenvalue weighted by atomic mass is 9.98. The Balaban J connectivity index is 1.69. The molecular formula is C26H31F3N4O3. The molecule has 36 heavy (non-hydrogen) atoms. The number of nitrogens with zero attached hydrogens (tertiary/aromatic N) is 2. The van der Waals surface area contributed by atoms with E-state index in [9.17, 15) is 22.8 Å². The van der Waals surface area contributed by atoms with Gasteiger partial charge in [0.2, 0.25) is 5.91 Å². The number of ether oxygens (including phenoxy) is 1. The molecule has 1 heterocycles. The second kappa shape index (κ2) is 12.4. The van der Waals surface area contributed by atoms with Crippen LogP contribution in [0.4, 0.5) is 23.7 Å². The van der Waals surface area contributed by atoms with E-state index in [4.69, 9.17) is 4.74 Å². The molecule has 0 saturated heterocycles. The minimum absolute atomic E-state index is 0.0509. The molecule has 0 aliphatic carbocycles. The number of amides is 2. The molecule has 3 rings (SSSR count). The van der Waals surface area contributed by atoms with Gasteiger partial charge in [0.05, 0.1) is 12.1 Å². The summed E-state index contributed by atoms with van der Waals surface area (Å²) in [6.07, 6.45) is -2.82. The van der Waals surface area contributed by atoms with Gasteiger partial charge in [0.25, 0.3) is 0 Å². The topological polar surface area (TPSA) is 73.9 Å². The number of hydrogen-bond acceptors (Lipinski definition) is 5. The highest BCUT2D eigenvalue weighted by Crippen LogP contribution is 2.32. The lowest BCUT2D eigenvalue weighted by Crippen LogP contribution is -2.40. The van der Waals surface area contributed by atoms with E-state index in [1.54, 1.807) is 11.9 Å². The Hall–Kier alpha value is -3.53. The Morgan fingerprint density at radius 2 is 1.97 bits per heavy atom. The number of nitrogens with one attached hydrogen (secondary N) is 2. The van der Waals surface area contributed by atoms with Crippen molar-refractivity contribution in [1.29, 1.82) is 0 Å². The second-order valence-corrected chi connectivity index (χ2v) is 8.41. The van der Waals surface area contributed by atoms with Crippen molar-refractivity contribution in [3.05, 3.63) is 77.4 Å². The van der Waals surface area contributed by atoms with Gasteiger partial charge in [-0.05, 0) is 42.3 Å². The van der Waals surface area contributed by atoms with Crippen LogP contribution in [-0.4, -0.2) is 61.6 Å². The van der Waals surface area contributed by atoms with Crippen molar-refractivity contribution in [2.24, 2.45) is 0 Å². The molecule has 2 N–H and O–H groups in total.